The van der Waals surface area contributed by atoms with Crippen LogP contribution in [0.4, 0.5) is 0 Å². The summed E-state index contributed by atoms with van der Waals surface area (Å²) in [5.74, 6) is 5.62. The fourth-order valence-electron chi connectivity index (χ4n) is 2.25. The van der Waals surface area contributed by atoms with Gasteiger partial charge in [0.2, 0.25) is 10.0 Å². The summed E-state index contributed by atoms with van der Waals surface area (Å²) in [7, 11) is -3.52. The molecule has 4 nitrogen and oxygen atoms in total. The van der Waals surface area contributed by atoms with Crippen molar-refractivity contribution in [2.75, 3.05) is 19.7 Å². The monoisotopic (exact) mass is 327 g/mol. The average molecular weight is 328 g/mol. The van der Waals surface area contributed by atoms with Crippen LogP contribution < -0.4 is 0 Å². The van der Waals surface area contributed by atoms with Crippen molar-refractivity contribution in [3.63, 3.8) is 0 Å². The van der Waals surface area contributed by atoms with Gasteiger partial charge in [0.25, 0.3) is 0 Å². The van der Waals surface area contributed by atoms with Crippen molar-refractivity contribution >= 4 is 21.6 Å². The molecule has 1 N–H and O–H groups in total. The number of sulfonamides is 1. The summed E-state index contributed by atoms with van der Waals surface area (Å²) in [4.78, 5) is 0.138. The second-order valence-corrected chi connectivity index (χ2v) is 7.20. The third-order valence-electron chi connectivity index (χ3n) is 3.33. The van der Waals surface area contributed by atoms with Gasteiger partial charge in [0.1, 0.15) is 4.90 Å². The highest BCUT2D eigenvalue weighted by Gasteiger charge is 2.27. The highest BCUT2D eigenvalue weighted by Crippen LogP contribution is 2.27. The third-order valence-corrected chi connectivity index (χ3v) is 5.72. The molecule has 0 aromatic heterocycles. The molecule has 0 atom stereocenters. The van der Waals surface area contributed by atoms with E-state index in [-0.39, 0.29) is 16.5 Å². The van der Waals surface area contributed by atoms with Gasteiger partial charge in [-0.15, -0.1) is 0 Å². The number of benzene rings is 1. The van der Waals surface area contributed by atoms with Crippen LogP contribution in [-0.4, -0.2) is 37.5 Å². The van der Waals surface area contributed by atoms with E-state index < -0.39 is 10.0 Å². The number of aliphatic hydroxyl groups excluding tert-OH is 1. The largest absolute Gasteiger partial charge is 0.395 e. The molecule has 1 aromatic rings. The van der Waals surface area contributed by atoms with Gasteiger partial charge in [-0.2, -0.15) is 4.31 Å². The molecule has 0 spiro atoms. The first-order chi connectivity index (χ1) is 10.1. The predicted molar refractivity (Wildman–Crippen MR) is 82.6 cm³/mol. The predicted octanol–water partition coefficient (Wildman–Crippen LogP) is 2.25. The Bertz CT molecular complexity index is 655. The number of piperidine rings is 1. The zero-order valence-corrected chi connectivity index (χ0v) is 13.3. The van der Waals surface area contributed by atoms with Gasteiger partial charge in [-0.1, -0.05) is 29.9 Å². The van der Waals surface area contributed by atoms with Crippen molar-refractivity contribution in [1.29, 1.82) is 0 Å². The third kappa shape index (κ3) is 3.98. The van der Waals surface area contributed by atoms with E-state index in [4.69, 9.17) is 16.7 Å². The maximum atomic E-state index is 12.6. The van der Waals surface area contributed by atoms with E-state index in [1.54, 1.807) is 12.1 Å². The molecule has 114 valence electrons. The normalized spacial score (nSPS) is 16.3. The molecule has 0 saturated carbocycles. The molecule has 1 heterocycles. The van der Waals surface area contributed by atoms with Gasteiger partial charge in [-0.25, -0.2) is 8.42 Å². The molecule has 6 heteroatoms. The minimum Gasteiger partial charge on any atom is -0.395 e. The summed E-state index contributed by atoms with van der Waals surface area (Å²) >= 11 is 6.12. The molecule has 0 aliphatic carbocycles. The molecule has 0 radical (unpaired) electrons. The highest BCUT2D eigenvalue weighted by atomic mass is 35.5. The van der Waals surface area contributed by atoms with E-state index in [9.17, 15) is 8.42 Å². The van der Waals surface area contributed by atoms with E-state index in [1.165, 1.54) is 10.4 Å². The van der Waals surface area contributed by atoms with Crippen molar-refractivity contribution in [3.05, 3.63) is 28.8 Å². The zero-order valence-electron chi connectivity index (χ0n) is 11.7. The molecule has 21 heavy (non-hydrogen) atoms. The quantitative estimate of drug-likeness (QED) is 0.866. The lowest BCUT2D eigenvalue weighted by Crippen LogP contribution is -2.35. The molecule has 1 saturated heterocycles. The van der Waals surface area contributed by atoms with Gasteiger partial charge in [0.05, 0.1) is 11.6 Å². The van der Waals surface area contributed by atoms with Crippen LogP contribution in [0.5, 0.6) is 0 Å². The minimum atomic E-state index is -3.52. The van der Waals surface area contributed by atoms with Crippen LogP contribution in [0.15, 0.2) is 23.1 Å². The summed E-state index contributed by atoms with van der Waals surface area (Å²) in [5.41, 5.74) is 0.644. The summed E-state index contributed by atoms with van der Waals surface area (Å²) < 4.78 is 26.6. The first kappa shape index (κ1) is 16.3. The van der Waals surface area contributed by atoms with E-state index in [2.05, 4.69) is 11.8 Å². The molecule has 0 amide bonds. The molecule has 2 rings (SSSR count). The van der Waals surface area contributed by atoms with Crippen molar-refractivity contribution in [2.24, 2.45) is 0 Å². The maximum absolute atomic E-state index is 12.6. The summed E-state index contributed by atoms with van der Waals surface area (Å²) in [6.07, 6.45) is 3.23. The van der Waals surface area contributed by atoms with Crippen molar-refractivity contribution in [1.82, 2.24) is 4.31 Å². The van der Waals surface area contributed by atoms with E-state index in [0.717, 1.165) is 19.3 Å². The Morgan fingerprint density at radius 3 is 2.57 bits per heavy atom. The van der Waals surface area contributed by atoms with Gasteiger partial charge in [0, 0.05) is 25.1 Å². The smallest absolute Gasteiger partial charge is 0.244 e. The van der Waals surface area contributed by atoms with Gasteiger partial charge >= 0.3 is 0 Å². The first-order valence-corrected chi connectivity index (χ1v) is 8.77. The lowest BCUT2D eigenvalue weighted by molar-refractivity contribution is 0.305. The molecule has 1 fully saturated rings. The lowest BCUT2D eigenvalue weighted by Gasteiger charge is -2.26. The van der Waals surface area contributed by atoms with Crippen LogP contribution in [0.2, 0.25) is 5.02 Å². The Kier molecular flexibility index (Phi) is 5.65. The number of halogens is 1. The molecule has 1 aromatic carbocycles. The van der Waals surface area contributed by atoms with Gasteiger partial charge in [0.15, 0.2) is 0 Å². The van der Waals surface area contributed by atoms with Gasteiger partial charge < -0.3 is 5.11 Å². The Hall–Kier alpha value is -1.06. The Morgan fingerprint density at radius 1 is 1.24 bits per heavy atom. The van der Waals surface area contributed by atoms with Crippen LogP contribution in [0, 0.1) is 11.8 Å². The van der Waals surface area contributed by atoms with Crippen molar-refractivity contribution in [2.45, 2.75) is 30.6 Å². The number of aliphatic hydroxyl groups is 1. The Labute approximate surface area is 130 Å². The van der Waals surface area contributed by atoms with E-state index in [1.807, 2.05) is 0 Å². The number of hydrogen-bond acceptors (Lipinski definition) is 3. The highest BCUT2D eigenvalue weighted by molar-refractivity contribution is 7.89. The molecule has 1 aliphatic rings. The fourth-order valence-corrected chi connectivity index (χ4v) is 4.29. The summed E-state index contributed by atoms with van der Waals surface area (Å²) in [6.45, 7) is 1.11. The second kappa shape index (κ2) is 7.28. The van der Waals surface area contributed by atoms with E-state index >= 15 is 0 Å². The molecule has 0 bridgehead atoms. The molecular formula is C15H18ClNO3S. The fraction of sp³-hybridized carbons (Fsp3) is 0.467. The van der Waals surface area contributed by atoms with Crippen LogP contribution in [0.1, 0.15) is 31.2 Å². The summed E-state index contributed by atoms with van der Waals surface area (Å²) in [6, 6.07) is 4.71. The Morgan fingerprint density at radius 2 is 1.95 bits per heavy atom. The standard InChI is InChI=1S/C15H18ClNO3S/c16-14-12-13(6-2-5-11-18)7-8-15(14)21(19,20)17-9-3-1-4-10-17/h7-8,12,18H,1,3-5,9-11H2. The SMILES string of the molecule is O=S(=O)(c1ccc(C#CCCO)cc1Cl)N1CCCCC1. The van der Waals surface area contributed by atoms with Crippen molar-refractivity contribution in [3.8, 4) is 11.8 Å². The molecule has 0 unspecified atom stereocenters. The summed E-state index contributed by atoms with van der Waals surface area (Å²) in [5, 5.41) is 8.87. The van der Waals surface area contributed by atoms with Crippen LogP contribution in [0.3, 0.4) is 0 Å². The van der Waals surface area contributed by atoms with Gasteiger partial charge in [-0.05, 0) is 31.0 Å². The van der Waals surface area contributed by atoms with Crippen LogP contribution in [-0.2, 0) is 10.0 Å². The maximum Gasteiger partial charge on any atom is 0.244 e. The topological polar surface area (TPSA) is 57.6 Å². The lowest BCUT2D eigenvalue weighted by atomic mass is 10.2. The first-order valence-electron chi connectivity index (χ1n) is 6.95. The second-order valence-electron chi connectivity index (χ2n) is 4.89. The van der Waals surface area contributed by atoms with Crippen LogP contribution >= 0.6 is 11.6 Å². The Balaban J connectivity index is 2.26. The van der Waals surface area contributed by atoms with Crippen molar-refractivity contribution < 1.29 is 13.5 Å². The minimum absolute atomic E-state index is 0.00214. The average Bonchev–Trinajstić information content (AvgIpc) is 2.48. The molecular weight excluding hydrogens is 310 g/mol. The number of nitrogens with zero attached hydrogens (tertiary/aromatic N) is 1. The number of hydrogen-bond donors (Lipinski definition) is 1. The van der Waals surface area contributed by atoms with Crippen LogP contribution in [0.25, 0.3) is 0 Å². The van der Waals surface area contributed by atoms with Gasteiger partial charge in [-0.3, -0.25) is 0 Å². The zero-order chi connectivity index (χ0) is 15.3. The molecule has 1 aliphatic heterocycles. The van der Waals surface area contributed by atoms with E-state index in [0.29, 0.717) is 25.1 Å². The number of rotatable bonds is 3.